The maximum atomic E-state index is 14.9. The first-order valence-corrected chi connectivity index (χ1v) is 27.0. The SMILES string of the molecule is FC(F)(F)c1ccc2c(c1)c1cc(C(F)(F)F)ccc1n2-c1c(-c2cccc(-n3c4ccccc4c4ccccc43)c2)cc(-c2nc(-c3ccccc3)cc(-c3ccccc3)n2)cc1-c1cccc(-n2c3ccccc3c3ccccc32)c1. The van der Waals surface area contributed by atoms with Crippen LogP contribution in [0.1, 0.15) is 11.1 Å². The summed E-state index contributed by atoms with van der Waals surface area (Å²) in [5.41, 5.74) is 11.0. The van der Waals surface area contributed by atoms with Crippen LogP contribution in [0.15, 0.2) is 261 Å². The van der Waals surface area contributed by atoms with Crippen LogP contribution in [0.25, 0.3) is 139 Å². The van der Waals surface area contributed by atoms with Crippen LogP contribution in [0.3, 0.4) is 0 Å². The Labute approximate surface area is 470 Å². The number of aromatic nitrogens is 5. The van der Waals surface area contributed by atoms with Crippen molar-refractivity contribution in [3.05, 3.63) is 272 Å². The molecule has 0 N–H and O–H groups in total. The van der Waals surface area contributed by atoms with Crippen LogP contribution >= 0.6 is 0 Å². The van der Waals surface area contributed by atoms with Crippen LogP contribution < -0.4 is 0 Å². The predicted molar refractivity (Wildman–Crippen MR) is 322 cm³/mol. The average molecular weight is 1090 g/mol. The monoisotopic (exact) mass is 1090 g/mol. The van der Waals surface area contributed by atoms with Gasteiger partial charge >= 0.3 is 12.4 Å². The highest BCUT2D eigenvalue weighted by Gasteiger charge is 2.34. The second-order valence-electron chi connectivity index (χ2n) is 20.7. The number of nitrogens with zero attached hydrogens (tertiary/aromatic N) is 5. The van der Waals surface area contributed by atoms with Gasteiger partial charge in [-0.3, -0.25) is 0 Å². The molecule has 0 aliphatic heterocycles. The van der Waals surface area contributed by atoms with Gasteiger partial charge in [-0.2, -0.15) is 26.3 Å². The van der Waals surface area contributed by atoms with Gasteiger partial charge in [0.15, 0.2) is 5.82 Å². The van der Waals surface area contributed by atoms with E-state index in [1.807, 2.05) is 168 Å². The van der Waals surface area contributed by atoms with Crippen LogP contribution in [-0.2, 0) is 12.4 Å². The Morgan fingerprint density at radius 1 is 0.265 bits per heavy atom. The Bertz CT molecular complexity index is 4660. The van der Waals surface area contributed by atoms with Crippen molar-refractivity contribution in [1.82, 2.24) is 23.7 Å². The van der Waals surface area contributed by atoms with Crippen molar-refractivity contribution in [2.24, 2.45) is 0 Å². The number of para-hydroxylation sites is 4. The number of rotatable bonds is 8. The summed E-state index contributed by atoms with van der Waals surface area (Å²) in [6.07, 6.45) is -9.59. The van der Waals surface area contributed by atoms with E-state index in [4.69, 9.17) is 9.97 Å². The zero-order valence-electron chi connectivity index (χ0n) is 43.8. The largest absolute Gasteiger partial charge is 0.416 e. The highest BCUT2D eigenvalue weighted by atomic mass is 19.4. The van der Waals surface area contributed by atoms with Crippen LogP contribution in [0, 0.1) is 0 Å². The fourth-order valence-electron chi connectivity index (χ4n) is 12.2. The van der Waals surface area contributed by atoms with Crippen molar-refractivity contribution < 1.29 is 26.3 Å². The summed E-state index contributed by atoms with van der Waals surface area (Å²) in [5.74, 6) is 0.392. The van der Waals surface area contributed by atoms with E-state index >= 15 is 0 Å². The fourth-order valence-corrected chi connectivity index (χ4v) is 12.2. The van der Waals surface area contributed by atoms with E-state index in [1.54, 1.807) is 0 Å². The Morgan fingerprint density at radius 3 is 1.00 bits per heavy atom. The third-order valence-corrected chi connectivity index (χ3v) is 15.9. The van der Waals surface area contributed by atoms with E-state index in [0.29, 0.717) is 50.7 Å². The Morgan fingerprint density at radius 2 is 0.614 bits per heavy atom. The second-order valence-corrected chi connectivity index (χ2v) is 20.7. The average Bonchev–Trinajstić information content (AvgIpc) is 3.97. The summed E-state index contributed by atoms with van der Waals surface area (Å²) in [4.78, 5) is 10.7. The van der Waals surface area contributed by atoms with Gasteiger partial charge in [0.05, 0.1) is 61.3 Å². The van der Waals surface area contributed by atoms with Crippen molar-refractivity contribution in [1.29, 1.82) is 0 Å². The van der Waals surface area contributed by atoms with Crippen molar-refractivity contribution in [2.45, 2.75) is 12.4 Å². The van der Waals surface area contributed by atoms with Gasteiger partial charge in [0.2, 0.25) is 0 Å². The topological polar surface area (TPSA) is 40.6 Å². The van der Waals surface area contributed by atoms with Gasteiger partial charge in [-0.05, 0) is 114 Å². The highest BCUT2D eigenvalue weighted by Crippen LogP contribution is 2.47. The number of benzene rings is 11. The summed E-state index contributed by atoms with van der Waals surface area (Å²) in [7, 11) is 0. The lowest BCUT2D eigenvalue weighted by atomic mass is 9.91. The summed E-state index contributed by atoms with van der Waals surface area (Å²) < 4.78 is 95.4. The second kappa shape index (κ2) is 19.1. The smallest absolute Gasteiger partial charge is 0.309 e. The highest BCUT2D eigenvalue weighted by molar-refractivity contribution is 6.13. The molecule has 4 heterocycles. The van der Waals surface area contributed by atoms with Gasteiger partial charge in [-0.25, -0.2) is 9.97 Å². The molecule has 0 radical (unpaired) electrons. The molecule has 15 rings (SSSR count). The zero-order chi connectivity index (χ0) is 56.1. The van der Waals surface area contributed by atoms with Crippen molar-refractivity contribution in [2.75, 3.05) is 0 Å². The Hall–Kier alpha value is -10.5. The van der Waals surface area contributed by atoms with Gasteiger partial charge in [-0.15, -0.1) is 0 Å². The van der Waals surface area contributed by atoms with Gasteiger partial charge in [0.25, 0.3) is 0 Å². The molecule has 11 heteroatoms. The molecule has 0 amide bonds. The first-order valence-electron chi connectivity index (χ1n) is 27.0. The van der Waals surface area contributed by atoms with E-state index in [2.05, 4.69) is 69.8 Å². The molecular formula is C72H43F6N5. The molecule has 0 saturated carbocycles. The predicted octanol–water partition coefficient (Wildman–Crippen LogP) is 20.1. The lowest BCUT2D eigenvalue weighted by molar-refractivity contribution is -0.138. The third-order valence-electron chi connectivity index (χ3n) is 15.9. The minimum absolute atomic E-state index is 0.00589. The van der Waals surface area contributed by atoms with Crippen LogP contribution in [0.4, 0.5) is 26.3 Å². The molecular weight excluding hydrogens is 1050 g/mol. The van der Waals surface area contributed by atoms with E-state index in [-0.39, 0.29) is 21.8 Å². The summed E-state index contributed by atoms with van der Waals surface area (Å²) >= 11 is 0. The lowest BCUT2D eigenvalue weighted by Crippen LogP contribution is -2.06. The molecule has 15 aromatic rings. The van der Waals surface area contributed by atoms with Crippen molar-refractivity contribution >= 4 is 65.4 Å². The first kappa shape index (κ1) is 49.5. The van der Waals surface area contributed by atoms with Gasteiger partial charge < -0.3 is 13.7 Å². The maximum absolute atomic E-state index is 14.9. The summed E-state index contributed by atoms with van der Waals surface area (Å²) in [5, 5.41) is 4.26. The molecule has 83 heavy (non-hydrogen) atoms. The standard InChI is InChI=1S/C72H43F6N5/c73-71(74,75)49-33-35-67-59(41-49)60-42-50(72(76,77)78)34-36-68(60)83(67)69-57(46-21-15-23-51(37-46)81-63-29-11-7-25-53(63)54-26-8-12-30-64(54)81)39-48(70-79-61(44-17-3-1-4-18-44)43-62(80-70)45-19-5-2-6-20-45)40-58(69)47-22-16-24-52(38-47)82-65-31-13-9-27-55(65)56-28-10-14-32-66(56)82/h1-43H. The van der Waals surface area contributed by atoms with Crippen LogP contribution in [-0.4, -0.2) is 23.7 Å². The molecule has 398 valence electrons. The molecule has 0 saturated heterocycles. The normalized spacial score (nSPS) is 12.2. The molecule has 0 aliphatic carbocycles. The minimum Gasteiger partial charge on any atom is -0.309 e. The fraction of sp³-hybridized carbons (Fsp3) is 0.0278. The summed E-state index contributed by atoms with van der Waals surface area (Å²) in [6.45, 7) is 0. The van der Waals surface area contributed by atoms with E-state index in [9.17, 15) is 26.3 Å². The van der Waals surface area contributed by atoms with Crippen molar-refractivity contribution in [3.8, 4) is 73.2 Å². The number of hydrogen-bond donors (Lipinski definition) is 0. The number of halogens is 6. The Kier molecular flexibility index (Phi) is 11.4. The van der Waals surface area contributed by atoms with Crippen molar-refractivity contribution in [3.63, 3.8) is 0 Å². The van der Waals surface area contributed by atoms with Gasteiger partial charge in [-0.1, -0.05) is 158 Å². The quantitative estimate of drug-likeness (QED) is 0.142. The molecule has 0 spiro atoms. The number of alkyl halides is 6. The van der Waals surface area contributed by atoms with Crippen LogP contribution in [0.5, 0.6) is 0 Å². The molecule has 5 nitrogen and oxygen atoms in total. The maximum Gasteiger partial charge on any atom is 0.416 e. The number of hydrogen-bond acceptors (Lipinski definition) is 2. The number of fused-ring (bicyclic) bond motifs is 9. The van der Waals surface area contributed by atoms with Gasteiger partial charge in [0, 0.05) is 71.5 Å². The van der Waals surface area contributed by atoms with E-state index in [0.717, 1.165) is 90.4 Å². The van der Waals surface area contributed by atoms with Gasteiger partial charge in [0.1, 0.15) is 0 Å². The third kappa shape index (κ3) is 8.33. The molecule has 0 fully saturated rings. The molecule has 0 aliphatic rings. The molecule has 11 aromatic carbocycles. The molecule has 4 aromatic heterocycles. The Balaban J connectivity index is 1.10. The summed E-state index contributed by atoms with van der Waals surface area (Å²) in [6, 6.07) is 81.4. The molecule has 0 atom stereocenters. The van der Waals surface area contributed by atoms with E-state index < -0.39 is 23.5 Å². The first-order chi connectivity index (χ1) is 40.4. The minimum atomic E-state index is -4.80. The lowest BCUT2D eigenvalue weighted by Gasteiger charge is -2.22. The molecule has 0 bridgehead atoms. The van der Waals surface area contributed by atoms with Crippen LogP contribution in [0.2, 0.25) is 0 Å². The molecule has 0 unspecified atom stereocenters. The zero-order valence-corrected chi connectivity index (χ0v) is 43.8. The van der Waals surface area contributed by atoms with E-state index in [1.165, 1.54) is 12.1 Å².